The summed E-state index contributed by atoms with van der Waals surface area (Å²) in [5.41, 5.74) is 2.98. The molecular weight excluding hydrogens is 494 g/mol. The van der Waals surface area contributed by atoms with Crippen molar-refractivity contribution in [1.29, 1.82) is 0 Å². The molecule has 1 saturated heterocycles. The van der Waals surface area contributed by atoms with Crippen LogP contribution in [-0.2, 0) is 27.3 Å². The summed E-state index contributed by atoms with van der Waals surface area (Å²) >= 11 is 0. The Morgan fingerprint density at radius 3 is 2.36 bits per heavy atom. The summed E-state index contributed by atoms with van der Waals surface area (Å²) in [6.45, 7) is 5.30. The third-order valence-corrected chi connectivity index (χ3v) is 7.81. The molecule has 1 atom stereocenters. The van der Waals surface area contributed by atoms with Crippen LogP contribution in [0.4, 0.5) is 5.69 Å². The molecule has 1 fully saturated rings. The molecule has 0 radical (unpaired) electrons. The molecule has 210 valence electrons. The van der Waals surface area contributed by atoms with Crippen LogP contribution in [0, 0.1) is 0 Å². The summed E-state index contributed by atoms with van der Waals surface area (Å²) in [6, 6.07) is 14.0. The van der Waals surface area contributed by atoms with E-state index in [9.17, 15) is 19.5 Å². The molecule has 8 heteroatoms. The molecule has 2 heterocycles. The smallest absolute Gasteiger partial charge is 0.326 e. The van der Waals surface area contributed by atoms with E-state index in [1.165, 1.54) is 0 Å². The van der Waals surface area contributed by atoms with Gasteiger partial charge < -0.3 is 20.1 Å². The molecule has 2 aromatic carbocycles. The number of aliphatic carboxylic acids is 1. The van der Waals surface area contributed by atoms with Crippen LogP contribution in [-0.4, -0.2) is 66.2 Å². The molecule has 0 aliphatic carbocycles. The zero-order chi connectivity index (χ0) is 27.6. The Bertz CT molecular complexity index is 1120. The Kier molecular flexibility index (Phi) is 10.5. The van der Waals surface area contributed by atoms with E-state index in [4.69, 9.17) is 4.74 Å². The topological polar surface area (TPSA) is 99.2 Å². The van der Waals surface area contributed by atoms with Crippen molar-refractivity contribution >= 4 is 23.5 Å². The van der Waals surface area contributed by atoms with E-state index in [1.54, 1.807) is 13.0 Å². The second-order valence-electron chi connectivity index (χ2n) is 10.6. The number of carboxylic acids is 1. The number of fused-ring (bicyclic) bond motifs is 1. The SMILES string of the molecule is CC(=O)N1CCCCCCCN(C2CCOCC2)Cc2cc(C(=O)N[C@@H](Cc3ccccc3)C(=O)O)ccc21. The maximum atomic E-state index is 13.3. The maximum absolute atomic E-state index is 13.3. The number of amides is 2. The van der Waals surface area contributed by atoms with E-state index in [0.29, 0.717) is 24.7 Å². The van der Waals surface area contributed by atoms with E-state index < -0.39 is 17.9 Å². The summed E-state index contributed by atoms with van der Waals surface area (Å²) in [7, 11) is 0. The van der Waals surface area contributed by atoms with E-state index in [-0.39, 0.29) is 12.3 Å². The van der Waals surface area contributed by atoms with Crippen LogP contribution in [0.15, 0.2) is 48.5 Å². The van der Waals surface area contributed by atoms with Crippen LogP contribution < -0.4 is 10.2 Å². The fraction of sp³-hybridized carbons (Fsp3) is 0.516. The van der Waals surface area contributed by atoms with Crippen LogP contribution in [0.2, 0.25) is 0 Å². The van der Waals surface area contributed by atoms with E-state index >= 15 is 0 Å². The number of rotatable bonds is 6. The van der Waals surface area contributed by atoms with Crippen molar-refractivity contribution in [1.82, 2.24) is 10.2 Å². The first-order valence-electron chi connectivity index (χ1n) is 14.2. The number of benzene rings is 2. The Morgan fingerprint density at radius 1 is 0.974 bits per heavy atom. The third-order valence-electron chi connectivity index (χ3n) is 7.81. The number of ether oxygens (including phenoxy) is 1. The molecule has 0 aromatic heterocycles. The van der Waals surface area contributed by atoms with E-state index in [0.717, 1.165) is 81.5 Å². The number of hydrogen-bond donors (Lipinski definition) is 2. The Balaban J connectivity index is 1.63. The molecule has 0 unspecified atom stereocenters. The van der Waals surface area contributed by atoms with Crippen molar-refractivity contribution in [2.24, 2.45) is 0 Å². The summed E-state index contributed by atoms with van der Waals surface area (Å²) < 4.78 is 5.61. The Hall–Kier alpha value is -3.23. The van der Waals surface area contributed by atoms with Gasteiger partial charge in [0.15, 0.2) is 0 Å². The van der Waals surface area contributed by atoms with Gasteiger partial charge in [0.05, 0.1) is 0 Å². The number of carboxylic acid groups (broad SMARTS) is 1. The van der Waals surface area contributed by atoms with Crippen molar-refractivity contribution in [2.75, 3.05) is 31.2 Å². The van der Waals surface area contributed by atoms with Gasteiger partial charge in [-0.3, -0.25) is 14.5 Å². The number of nitrogens with one attached hydrogen (secondary N) is 1. The number of carbonyl (C=O) groups excluding carboxylic acids is 2. The van der Waals surface area contributed by atoms with E-state index in [1.807, 2.05) is 47.4 Å². The molecule has 39 heavy (non-hydrogen) atoms. The monoisotopic (exact) mass is 535 g/mol. The van der Waals surface area contributed by atoms with Gasteiger partial charge in [0, 0.05) is 56.9 Å². The highest BCUT2D eigenvalue weighted by molar-refractivity contribution is 5.98. The lowest BCUT2D eigenvalue weighted by molar-refractivity contribution is -0.139. The van der Waals surface area contributed by atoms with Crippen molar-refractivity contribution in [3.8, 4) is 0 Å². The summed E-state index contributed by atoms with van der Waals surface area (Å²) in [5, 5.41) is 12.5. The lowest BCUT2D eigenvalue weighted by Gasteiger charge is -2.36. The highest BCUT2D eigenvalue weighted by Gasteiger charge is 2.26. The van der Waals surface area contributed by atoms with Crippen LogP contribution >= 0.6 is 0 Å². The summed E-state index contributed by atoms with van der Waals surface area (Å²) in [5.74, 6) is -1.52. The number of carbonyl (C=O) groups is 3. The molecule has 2 aliphatic rings. The number of nitrogens with zero attached hydrogens (tertiary/aromatic N) is 2. The predicted molar refractivity (Wildman–Crippen MR) is 151 cm³/mol. The summed E-state index contributed by atoms with van der Waals surface area (Å²) in [4.78, 5) is 42.3. The van der Waals surface area contributed by atoms with Crippen LogP contribution in [0.1, 0.15) is 73.4 Å². The van der Waals surface area contributed by atoms with Gasteiger partial charge in [-0.25, -0.2) is 4.79 Å². The van der Waals surface area contributed by atoms with Gasteiger partial charge in [-0.15, -0.1) is 0 Å². The second kappa shape index (κ2) is 14.2. The molecule has 2 aliphatic heterocycles. The molecule has 0 saturated carbocycles. The van der Waals surface area contributed by atoms with Gasteiger partial charge in [-0.2, -0.15) is 0 Å². The highest BCUT2D eigenvalue weighted by Crippen LogP contribution is 2.28. The first-order valence-corrected chi connectivity index (χ1v) is 14.2. The first-order chi connectivity index (χ1) is 18.9. The minimum atomic E-state index is -1.08. The molecule has 2 amide bonds. The molecular formula is C31H41N3O5. The molecule has 4 rings (SSSR count). The average molecular weight is 536 g/mol. The quantitative estimate of drug-likeness (QED) is 0.569. The standard InChI is InChI=1S/C31H41N3O5/c1-23(35)34-17-9-4-2-3-8-16-33(27-14-18-39-19-15-27)22-26-21-25(12-13-29(26)34)30(36)32-28(31(37)38)20-24-10-6-5-7-11-24/h5-7,10-13,21,27-28H,2-4,8-9,14-20,22H2,1H3,(H,32,36)(H,37,38)/t28-/m0/s1. The number of anilines is 1. The van der Waals surface area contributed by atoms with Crippen molar-refractivity contribution in [3.05, 3.63) is 65.2 Å². The number of hydrogen-bond acceptors (Lipinski definition) is 5. The fourth-order valence-electron chi connectivity index (χ4n) is 5.63. The van der Waals surface area contributed by atoms with Crippen molar-refractivity contribution in [2.45, 2.75) is 76.9 Å². The molecule has 0 spiro atoms. The van der Waals surface area contributed by atoms with Crippen molar-refractivity contribution in [3.63, 3.8) is 0 Å². The molecule has 2 aromatic rings. The van der Waals surface area contributed by atoms with Gasteiger partial charge in [-0.1, -0.05) is 49.6 Å². The Morgan fingerprint density at radius 2 is 1.67 bits per heavy atom. The first kappa shape index (κ1) is 28.8. The largest absolute Gasteiger partial charge is 0.480 e. The minimum Gasteiger partial charge on any atom is -0.480 e. The van der Waals surface area contributed by atoms with Gasteiger partial charge in [0.1, 0.15) is 6.04 Å². The zero-order valence-corrected chi connectivity index (χ0v) is 22.9. The second-order valence-corrected chi connectivity index (χ2v) is 10.6. The van der Waals surface area contributed by atoms with Crippen LogP contribution in [0.5, 0.6) is 0 Å². The summed E-state index contributed by atoms with van der Waals surface area (Å²) in [6.07, 6.45) is 7.57. The molecule has 0 bridgehead atoms. The lowest BCUT2D eigenvalue weighted by Crippen LogP contribution is -2.42. The molecule has 8 nitrogen and oxygen atoms in total. The third kappa shape index (κ3) is 8.13. The van der Waals surface area contributed by atoms with Gasteiger partial charge in [-0.05, 0) is 61.6 Å². The Labute approximate surface area is 231 Å². The van der Waals surface area contributed by atoms with Crippen LogP contribution in [0.3, 0.4) is 0 Å². The normalized spacial score (nSPS) is 18.7. The van der Waals surface area contributed by atoms with Gasteiger partial charge >= 0.3 is 5.97 Å². The van der Waals surface area contributed by atoms with Gasteiger partial charge in [0.25, 0.3) is 5.91 Å². The highest BCUT2D eigenvalue weighted by atomic mass is 16.5. The van der Waals surface area contributed by atoms with Gasteiger partial charge in [0.2, 0.25) is 5.91 Å². The maximum Gasteiger partial charge on any atom is 0.326 e. The lowest BCUT2D eigenvalue weighted by atomic mass is 10.0. The van der Waals surface area contributed by atoms with Crippen LogP contribution in [0.25, 0.3) is 0 Å². The molecule has 2 N–H and O–H groups in total. The van der Waals surface area contributed by atoms with E-state index in [2.05, 4.69) is 10.2 Å². The predicted octanol–water partition coefficient (Wildman–Crippen LogP) is 4.41. The average Bonchev–Trinajstić information content (AvgIpc) is 2.93. The minimum absolute atomic E-state index is 0.0167. The van der Waals surface area contributed by atoms with Crippen molar-refractivity contribution < 1.29 is 24.2 Å². The fourth-order valence-corrected chi connectivity index (χ4v) is 5.63. The zero-order valence-electron chi connectivity index (χ0n) is 22.9.